The molecule has 4 aromatic rings. The van der Waals surface area contributed by atoms with E-state index in [4.69, 9.17) is 0 Å². The molecule has 1 amide bonds. The normalized spacial score (nSPS) is 10.5. The van der Waals surface area contributed by atoms with Gasteiger partial charge in [-0.25, -0.2) is 0 Å². The molecule has 0 aliphatic carbocycles. The van der Waals surface area contributed by atoms with Crippen LogP contribution in [-0.2, 0) is 6.54 Å². The van der Waals surface area contributed by atoms with Gasteiger partial charge in [0.2, 0.25) is 0 Å². The summed E-state index contributed by atoms with van der Waals surface area (Å²) in [5, 5.41) is 13.2. The van der Waals surface area contributed by atoms with Crippen molar-refractivity contribution >= 4 is 22.5 Å². The lowest BCUT2D eigenvalue weighted by molar-refractivity contribution is 0.102. The Hall–Kier alpha value is -3.91. The van der Waals surface area contributed by atoms with Crippen molar-refractivity contribution in [3.63, 3.8) is 0 Å². The van der Waals surface area contributed by atoms with Crippen LogP contribution in [0.3, 0.4) is 0 Å². The minimum Gasteiger partial charge on any atom is -0.342 e. The summed E-state index contributed by atoms with van der Waals surface area (Å²) in [5.41, 5.74) is 3.67. The fourth-order valence-electron chi connectivity index (χ4n) is 3.07. The number of hydrogen-bond acceptors (Lipinski definition) is 3. The van der Waals surface area contributed by atoms with E-state index in [1.165, 1.54) is 0 Å². The highest BCUT2D eigenvalue weighted by atomic mass is 16.1. The Labute approximate surface area is 156 Å². The summed E-state index contributed by atoms with van der Waals surface area (Å²) < 4.78 is 2.05. The Kier molecular flexibility index (Phi) is 4.38. The van der Waals surface area contributed by atoms with Crippen molar-refractivity contribution < 1.29 is 4.79 Å². The average molecular weight is 352 g/mol. The second-order valence-corrected chi connectivity index (χ2v) is 6.17. The smallest absolute Gasteiger partial charge is 0.274 e. The molecule has 0 aliphatic rings. The first kappa shape index (κ1) is 16.6. The maximum absolute atomic E-state index is 12.3. The van der Waals surface area contributed by atoms with Gasteiger partial charge in [-0.05, 0) is 35.9 Å². The number of amides is 1. The molecular weight excluding hydrogens is 336 g/mol. The molecule has 2 aromatic carbocycles. The van der Waals surface area contributed by atoms with Crippen LogP contribution >= 0.6 is 0 Å². The number of rotatable bonds is 4. The summed E-state index contributed by atoms with van der Waals surface area (Å²) in [6.07, 6.45) is 3.43. The van der Waals surface area contributed by atoms with Crippen molar-refractivity contribution in [2.75, 3.05) is 5.32 Å². The third-order valence-electron chi connectivity index (χ3n) is 4.35. The standard InChI is InChI=1S/C22H16N4O/c23-13-17-15-26(14-16-6-2-1-3-7-16)21-10-9-18(12-19(17)21)25-22(27)20-8-4-5-11-24-20/h1-12,15H,14H2,(H,25,27). The monoisotopic (exact) mass is 352 g/mol. The maximum atomic E-state index is 12.3. The summed E-state index contributed by atoms with van der Waals surface area (Å²) in [6.45, 7) is 0.679. The van der Waals surface area contributed by atoms with Crippen molar-refractivity contribution in [1.82, 2.24) is 9.55 Å². The molecule has 27 heavy (non-hydrogen) atoms. The fraction of sp³-hybridized carbons (Fsp3) is 0.0455. The van der Waals surface area contributed by atoms with E-state index in [0.717, 1.165) is 16.5 Å². The van der Waals surface area contributed by atoms with Crippen LogP contribution in [0.15, 0.2) is 79.1 Å². The number of nitriles is 1. The molecule has 0 saturated carbocycles. The Morgan fingerprint density at radius 3 is 2.63 bits per heavy atom. The summed E-state index contributed by atoms with van der Waals surface area (Å²) in [6, 6.07) is 23.1. The quantitative estimate of drug-likeness (QED) is 0.598. The van der Waals surface area contributed by atoms with Crippen molar-refractivity contribution in [2.45, 2.75) is 6.54 Å². The number of fused-ring (bicyclic) bond motifs is 1. The molecule has 1 N–H and O–H groups in total. The van der Waals surface area contributed by atoms with Crippen LogP contribution in [0.2, 0.25) is 0 Å². The van der Waals surface area contributed by atoms with Crippen LogP contribution in [0.1, 0.15) is 21.6 Å². The molecule has 0 unspecified atom stereocenters. The predicted octanol–water partition coefficient (Wildman–Crippen LogP) is 4.21. The summed E-state index contributed by atoms with van der Waals surface area (Å²) >= 11 is 0. The molecule has 0 fully saturated rings. The lowest BCUT2D eigenvalue weighted by Gasteiger charge is -2.07. The largest absolute Gasteiger partial charge is 0.342 e. The van der Waals surface area contributed by atoms with E-state index >= 15 is 0 Å². The van der Waals surface area contributed by atoms with Crippen molar-refractivity contribution in [3.8, 4) is 6.07 Å². The minimum absolute atomic E-state index is 0.280. The molecule has 5 heteroatoms. The zero-order valence-electron chi connectivity index (χ0n) is 14.5. The molecule has 0 atom stereocenters. The van der Waals surface area contributed by atoms with Crippen LogP contribution in [0, 0.1) is 11.3 Å². The molecule has 2 aromatic heterocycles. The summed E-state index contributed by atoms with van der Waals surface area (Å²) in [5.74, 6) is -0.280. The first-order valence-electron chi connectivity index (χ1n) is 8.54. The maximum Gasteiger partial charge on any atom is 0.274 e. The van der Waals surface area contributed by atoms with E-state index in [1.807, 2.05) is 47.2 Å². The lowest BCUT2D eigenvalue weighted by Crippen LogP contribution is -2.13. The van der Waals surface area contributed by atoms with Gasteiger partial charge in [0.25, 0.3) is 5.91 Å². The predicted molar refractivity (Wildman–Crippen MR) is 104 cm³/mol. The zero-order valence-corrected chi connectivity index (χ0v) is 14.5. The molecule has 0 saturated heterocycles. The van der Waals surface area contributed by atoms with Gasteiger partial charge in [0, 0.05) is 35.5 Å². The topological polar surface area (TPSA) is 70.7 Å². The first-order valence-corrected chi connectivity index (χ1v) is 8.54. The second kappa shape index (κ2) is 7.14. The van der Waals surface area contributed by atoms with Crippen LogP contribution < -0.4 is 5.32 Å². The fourth-order valence-corrected chi connectivity index (χ4v) is 3.07. The van der Waals surface area contributed by atoms with Gasteiger partial charge in [-0.1, -0.05) is 36.4 Å². The highest BCUT2D eigenvalue weighted by molar-refractivity contribution is 6.04. The van der Waals surface area contributed by atoms with Gasteiger partial charge in [-0.3, -0.25) is 9.78 Å². The van der Waals surface area contributed by atoms with E-state index in [9.17, 15) is 10.1 Å². The number of benzene rings is 2. The van der Waals surface area contributed by atoms with Gasteiger partial charge < -0.3 is 9.88 Å². The number of carbonyl (C=O) groups excluding carboxylic acids is 1. The lowest BCUT2D eigenvalue weighted by atomic mass is 10.1. The number of nitrogens with zero attached hydrogens (tertiary/aromatic N) is 3. The molecule has 130 valence electrons. The molecule has 0 aliphatic heterocycles. The Morgan fingerprint density at radius 2 is 1.89 bits per heavy atom. The molecule has 0 spiro atoms. The Balaban J connectivity index is 1.66. The SMILES string of the molecule is N#Cc1cn(Cc2ccccc2)c2ccc(NC(=O)c3ccccn3)cc12. The number of pyridine rings is 1. The van der Waals surface area contributed by atoms with Gasteiger partial charge in [-0.15, -0.1) is 0 Å². The molecule has 0 bridgehead atoms. The highest BCUT2D eigenvalue weighted by Gasteiger charge is 2.12. The molecule has 4 rings (SSSR count). The van der Waals surface area contributed by atoms with E-state index in [2.05, 4.69) is 28.5 Å². The molecule has 2 heterocycles. The third kappa shape index (κ3) is 3.42. The number of carbonyl (C=O) groups is 1. The number of nitrogens with one attached hydrogen (secondary N) is 1. The molecule has 5 nitrogen and oxygen atoms in total. The van der Waals surface area contributed by atoms with E-state index in [1.54, 1.807) is 24.4 Å². The third-order valence-corrected chi connectivity index (χ3v) is 4.35. The Morgan fingerprint density at radius 1 is 1.07 bits per heavy atom. The van der Waals surface area contributed by atoms with Gasteiger partial charge in [-0.2, -0.15) is 5.26 Å². The van der Waals surface area contributed by atoms with E-state index < -0.39 is 0 Å². The highest BCUT2D eigenvalue weighted by Crippen LogP contribution is 2.25. The first-order chi connectivity index (χ1) is 13.2. The van der Waals surface area contributed by atoms with Crippen LogP contribution in [0.4, 0.5) is 5.69 Å². The summed E-state index contributed by atoms with van der Waals surface area (Å²) in [4.78, 5) is 16.4. The summed E-state index contributed by atoms with van der Waals surface area (Å²) in [7, 11) is 0. The van der Waals surface area contributed by atoms with Crippen LogP contribution in [0.5, 0.6) is 0 Å². The van der Waals surface area contributed by atoms with Crippen molar-refractivity contribution in [1.29, 1.82) is 5.26 Å². The minimum atomic E-state index is -0.280. The Bertz CT molecular complexity index is 1140. The van der Waals surface area contributed by atoms with Crippen molar-refractivity contribution in [2.24, 2.45) is 0 Å². The van der Waals surface area contributed by atoms with Crippen molar-refractivity contribution in [3.05, 3.63) is 95.9 Å². The van der Waals surface area contributed by atoms with Crippen LogP contribution in [-0.4, -0.2) is 15.5 Å². The zero-order chi connectivity index (χ0) is 18.6. The van der Waals surface area contributed by atoms with E-state index in [-0.39, 0.29) is 5.91 Å². The molecule has 0 radical (unpaired) electrons. The molecular formula is C22H16N4O. The van der Waals surface area contributed by atoms with Gasteiger partial charge >= 0.3 is 0 Å². The number of aromatic nitrogens is 2. The number of hydrogen-bond donors (Lipinski definition) is 1. The van der Waals surface area contributed by atoms with Gasteiger partial charge in [0.1, 0.15) is 11.8 Å². The average Bonchev–Trinajstić information content (AvgIpc) is 3.06. The number of anilines is 1. The second-order valence-electron chi connectivity index (χ2n) is 6.17. The van der Waals surface area contributed by atoms with E-state index in [0.29, 0.717) is 23.5 Å². The van der Waals surface area contributed by atoms with Gasteiger partial charge in [0.05, 0.1) is 5.56 Å². The van der Waals surface area contributed by atoms with Gasteiger partial charge in [0.15, 0.2) is 0 Å². The van der Waals surface area contributed by atoms with Crippen LogP contribution in [0.25, 0.3) is 10.9 Å².